The van der Waals surface area contributed by atoms with Crippen molar-refractivity contribution in [2.24, 2.45) is 5.92 Å². The van der Waals surface area contributed by atoms with Gasteiger partial charge in [-0.1, -0.05) is 33.1 Å². The van der Waals surface area contributed by atoms with Crippen molar-refractivity contribution >= 4 is 16.9 Å². The predicted octanol–water partition coefficient (Wildman–Crippen LogP) is 4.92. The molecule has 0 spiro atoms. The van der Waals surface area contributed by atoms with Crippen molar-refractivity contribution in [2.45, 2.75) is 58.4 Å². The number of anilines is 1. The van der Waals surface area contributed by atoms with E-state index >= 15 is 0 Å². The zero-order valence-electron chi connectivity index (χ0n) is 16.9. The third-order valence-corrected chi connectivity index (χ3v) is 5.16. The highest BCUT2D eigenvalue weighted by Crippen LogP contribution is 2.38. The summed E-state index contributed by atoms with van der Waals surface area (Å²) in [7, 11) is 1.86. The van der Waals surface area contributed by atoms with E-state index in [1.54, 1.807) is 6.33 Å². The molecule has 0 aromatic carbocycles. The van der Waals surface area contributed by atoms with Crippen LogP contribution >= 0.6 is 0 Å². The smallest absolute Gasteiger partial charge is 0.157 e. The third kappa shape index (κ3) is 4.01. The molecule has 4 rings (SSSR count). The first-order chi connectivity index (χ1) is 13.7. The van der Waals surface area contributed by atoms with Crippen molar-refractivity contribution in [3.63, 3.8) is 0 Å². The summed E-state index contributed by atoms with van der Waals surface area (Å²) in [4.78, 5) is 11.9. The molecule has 148 valence electrons. The molecule has 1 fully saturated rings. The van der Waals surface area contributed by atoms with E-state index in [4.69, 9.17) is 5.10 Å². The molecule has 2 N–H and O–H groups in total. The minimum Gasteiger partial charge on any atom is -0.371 e. The molecule has 1 aliphatic carbocycles. The van der Waals surface area contributed by atoms with E-state index in [2.05, 4.69) is 40.2 Å². The van der Waals surface area contributed by atoms with Crippen LogP contribution in [-0.2, 0) is 0 Å². The second-order valence-corrected chi connectivity index (χ2v) is 7.26. The molecule has 28 heavy (non-hydrogen) atoms. The molecule has 7 nitrogen and oxygen atoms in total. The predicted molar refractivity (Wildman–Crippen MR) is 112 cm³/mol. The first-order valence-corrected chi connectivity index (χ1v) is 10.2. The fourth-order valence-electron chi connectivity index (χ4n) is 3.92. The van der Waals surface area contributed by atoms with Crippen LogP contribution in [0.5, 0.6) is 0 Å². The average molecular weight is 380 g/mol. The van der Waals surface area contributed by atoms with Gasteiger partial charge in [0.1, 0.15) is 12.0 Å². The Labute approximate surface area is 166 Å². The standard InChI is InChI=1S/C18H21N7.C3H8/c1-20-17-14(16-13-7-9-21-18(13)23-11-22-16)10-25(24-17)15(6-8-19)12-4-2-3-5-12;1-3-2/h7,9-12,15H,2-6H2,1H3,(H,20,24)(H,21,22,23);3H2,1-2H3. The number of H-pyrrole nitrogens is 1. The van der Waals surface area contributed by atoms with Gasteiger partial charge in [0.15, 0.2) is 5.82 Å². The molecule has 0 amide bonds. The van der Waals surface area contributed by atoms with Gasteiger partial charge in [-0.05, 0) is 24.8 Å². The van der Waals surface area contributed by atoms with Crippen molar-refractivity contribution < 1.29 is 0 Å². The Morgan fingerprint density at radius 3 is 2.75 bits per heavy atom. The van der Waals surface area contributed by atoms with Crippen molar-refractivity contribution in [1.82, 2.24) is 24.7 Å². The van der Waals surface area contributed by atoms with E-state index in [-0.39, 0.29) is 6.04 Å². The maximum atomic E-state index is 9.29. The molecule has 1 saturated carbocycles. The highest BCUT2D eigenvalue weighted by Gasteiger charge is 2.28. The van der Waals surface area contributed by atoms with Gasteiger partial charge in [0.2, 0.25) is 0 Å². The lowest BCUT2D eigenvalue weighted by atomic mass is 9.96. The van der Waals surface area contributed by atoms with Crippen molar-refractivity contribution in [1.29, 1.82) is 5.26 Å². The average Bonchev–Trinajstić information content (AvgIpc) is 3.46. The van der Waals surface area contributed by atoms with Crippen LogP contribution in [0.2, 0.25) is 0 Å². The lowest BCUT2D eigenvalue weighted by Crippen LogP contribution is -2.17. The molecule has 0 bridgehead atoms. The zero-order valence-corrected chi connectivity index (χ0v) is 16.9. The summed E-state index contributed by atoms with van der Waals surface area (Å²) in [6.07, 6.45) is 12.0. The van der Waals surface area contributed by atoms with Gasteiger partial charge in [-0.2, -0.15) is 10.4 Å². The van der Waals surface area contributed by atoms with Crippen molar-refractivity contribution in [3.8, 4) is 17.3 Å². The second-order valence-electron chi connectivity index (χ2n) is 7.26. The largest absolute Gasteiger partial charge is 0.371 e. The van der Waals surface area contributed by atoms with Gasteiger partial charge in [-0.3, -0.25) is 4.68 Å². The third-order valence-electron chi connectivity index (χ3n) is 5.16. The normalized spacial score (nSPS) is 15.1. The molecule has 3 aromatic heterocycles. The number of fused-ring (bicyclic) bond motifs is 1. The van der Waals surface area contributed by atoms with Gasteiger partial charge in [-0.15, -0.1) is 0 Å². The summed E-state index contributed by atoms with van der Waals surface area (Å²) in [6, 6.07) is 4.44. The highest BCUT2D eigenvalue weighted by molar-refractivity contribution is 5.93. The first-order valence-electron chi connectivity index (χ1n) is 10.2. The van der Waals surface area contributed by atoms with E-state index < -0.39 is 0 Å². The Kier molecular flexibility index (Phi) is 6.64. The molecule has 0 radical (unpaired) electrons. The summed E-state index contributed by atoms with van der Waals surface area (Å²) in [5.74, 6) is 1.30. The number of rotatable bonds is 5. The van der Waals surface area contributed by atoms with Crippen LogP contribution < -0.4 is 5.32 Å². The van der Waals surface area contributed by atoms with E-state index in [1.165, 1.54) is 32.1 Å². The molecule has 1 unspecified atom stereocenters. The summed E-state index contributed by atoms with van der Waals surface area (Å²) < 4.78 is 1.97. The molecule has 1 aliphatic rings. The van der Waals surface area contributed by atoms with Crippen LogP contribution in [-0.4, -0.2) is 31.8 Å². The van der Waals surface area contributed by atoms with Crippen LogP contribution in [0.1, 0.15) is 58.4 Å². The van der Waals surface area contributed by atoms with Gasteiger partial charge in [-0.25, -0.2) is 9.97 Å². The number of nitriles is 1. The number of hydrogen-bond donors (Lipinski definition) is 2. The topological polar surface area (TPSA) is 95.2 Å². The summed E-state index contributed by atoms with van der Waals surface area (Å²) in [5, 5.41) is 18.2. The number of hydrogen-bond acceptors (Lipinski definition) is 5. The Hall–Kier alpha value is -2.88. The fourth-order valence-corrected chi connectivity index (χ4v) is 3.92. The van der Waals surface area contributed by atoms with E-state index in [0.717, 1.165) is 28.1 Å². The first kappa shape index (κ1) is 19.9. The van der Waals surface area contributed by atoms with Gasteiger partial charge >= 0.3 is 0 Å². The second kappa shape index (κ2) is 9.36. The Bertz CT molecular complexity index is 928. The van der Waals surface area contributed by atoms with Gasteiger partial charge in [0, 0.05) is 24.8 Å². The quantitative estimate of drug-likeness (QED) is 0.656. The molecular formula is C21H29N7. The van der Waals surface area contributed by atoms with Crippen molar-refractivity contribution in [2.75, 3.05) is 12.4 Å². The lowest BCUT2D eigenvalue weighted by Gasteiger charge is -2.21. The van der Waals surface area contributed by atoms with E-state index in [1.807, 2.05) is 30.2 Å². The number of nitrogens with zero attached hydrogens (tertiary/aromatic N) is 5. The maximum absolute atomic E-state index is 9.29. The Morgan fingerprint density at radius 1 is 1.32 bits per heavy atom. The fraction of sp³-hybridized carbons (Fsp3) is 0.524. The highest BCUT2D eigenvalue weighted by atomic mass is 15.3. The molecule has 1 atom stereocenters. The number of aromatic nitrogens is 5. The minimum absolute atomic E-state index is 0.122. The van der Waals surface area contributed by atoms with Crippen LogP contribution in [0, 0.1) is 17.2 Å². The summed E-state index contributed by atoms with van der Waals surface area (Å²) >= 11 is 0. The monoisotopic (exact) mass is 379 g/mol. The summed E-state index contributed by atoms with van der Waals surface area (Å²) in [6.45, 7) is 4.25. The van der Waals surface area contributed by atoms with Crippen LogP contribution in [0.15, 0.2) is 24.8 Å². The van der Waals surface area contributed by atoms with E-state index in [9.17, 15) is 5.26 Å². The van der Waals surface area contributed by atoms with Gasteiger partial charge < -0.3 is 10.3 Å². The number of nitrogens with one attached hydrogen (secondary N) is 2. The minimum atomic E-state index is 0.122. The molecule has 3 heterocycles. The van der Waals surface area contributed by atoms with Crippen LogP contribution in [0.25, 0.3) is 22.3 Å². The van der Waals surface area contributed by atoms with Gasteiger partial charge in [0.25, 0.3) is 0 Å². The molecule has 0 saturated heterocycles. The zero-order chi connectivity index (χ0) is 19.9. The number of aromatic amines is 1. The Morgan fingerprint density at radius 2 is 2.07 bits per heavy atom. The molecule has 3 aromatic rings. The molecule has 7 heteroatoms. The SMILES string of the molecule is CCC.CNc1nn(C(CC#N)C2CCCC2)cc1-c1ncnc2[nH]ccc12. The van der Waals surface area contributed by atoms with Crippen molar-refractivity contribution in [3.05, 3.63) is 24.8 Å². The van der Waals surface area contributed by atoms with E-state index in [0.29, 0.717) is 12.3 Å². The van der Waals surface area contributed by atoms with Crippen LogP contribution in [0.4, 0.5) is 5.82 Å². The molecular weight excluding hydrogens is 350 g/mol. The maximum Gasteiger partial charge on any atom is 0.157 e. The van der Waals surface area contributed by atoms with Crippen LogP contribution in [0.3, 0.4) is 0 Å². The molecule has 0 aliphatic heterocycles. The Balaban J connectivity index is 0.000000706. The lowest BCUT2D eigenvalue weighted by molar-refractivity contribution is 0.315. The van der Waals surface area contributed by atoms with Gasteiger partial charge in [0.05, 0.1) is 29.8 Å². The summed E-state index contributed by atoms with van der Waals surface area (Å²) in [5.41, 5.74) is 2.60.